The topological polar surface area (TPSA) is 45.7 Å². The van der Waals surface area contributed by atoms with Gasteiger partial charge in [0.2, 0.25) is 0 Å². The first kappa shape index (κ1) is 27.6. The molecule has 2 heterocycles. The Morgan fingerprint density at radius 1 is 0.857 bits per heavy atom. The largest absolute Gasteiger partial charge is 0.490 e. The Morgan fingerprint density at radius 3 is 2.38 bits per heavy atom. The maximum atomic E-state index is 13.3. The van der Waals surface area contributed by atoms with Crippen molar-refractivity contribution in [3.63, 3.8) is 0 Å². The van der Waals surface area contributed by atoms with Crippen LogP contribution in [0.5, 0.6) is 5.75 Å². The average Bonchev–Trinajstić information content (AvgIpc) is 3.02. The number of carbonyl (C=O) groups is 1. The predicted molar refractivity (Wildman–Crippen MR) is 165 cm³/mol. The SMILES string of the molecule is CN(Cc1ccc(OC2CCN(C(=O)c3cccc(-c4ccc(F)cc4)c3)CC2)cc1)Cc1ccc2ncccc2c1. The molecule has 1 amide bonds. The molecule has 0 bridgehead atoms. The minimum absolute atomic E-state index is 0.0197. The van der Waals surface area contributed by atoms with Crippen molar-refractivity contribution in [2.45, 2.75) is 32.0 Å². The number of carbonyl (C=O) groups excluding carboxylic acids is 1. The van der Waals surface area contributed by atoms with Crippen LogP contribution in [0.3, 0.4) is 0 Å². The van der Waals surface area contributed by atoms with Crippen LogP contribution in [0.4, 0.5) is 4.39 Å². The zero-order valence-electron chi connectivity index (χ0n) is 23.7. The number of halogens is 1. The summed E-state index contributed by atoms with van der Waals surface area (Å²) in [5, 5.41) is 1.16. The van der Waals surface area contributed by atoms with Crippen LogP contribution in [0.25, 0.3) is 22.0 Å². The van der Waals surface area contributed by atoms with Crippen molar-refractivity contribution in [1.82, 2.24) is 14.8 Å². The number of benzene rings is 4. The van der Waals surface area contributed by atoms with Crippen LogP contribution in [0.1, 0.15) is 34.3 Å². The van der Waals surface area contributed by atoms with Gasteiger partial charge in [-0.25, -0.2) is 4.39 Å². The molecule has 0 unspecified atom stereocenters. The summed E-state index contributed by atoms with van der Waals surface area (Å²) in [5.41, 5.74) is 5.96. The summed E-state index contributed by atoms with van der Waals surface area (Å²) in [5.74, 6) is 0.608. The third kappa shape index (κ3) is 6.67. The standard InChI is InChI=1S/C36H34FN3O2/c1-39(25-27-9-16-35-30(22-27)6-3-19-38-35)24-26-7-14-33(15-8-26)42-34-17-20-40(21-18-34)36(41)31-5-2-4-29(23-31)28-10-12-32(37)13-11-28/h2-16,19,22-23,34H,17-18,20-21,24-25H2,1H3. The smallest absolute Gasteiger partial charge is 0.253 e. The summed E-state index contributed by atoms with van der Waals surface area (Å²) >= 11 is 0. The van der Waals surface area contributed by atoms with Gasteiger partial charge in [-0.2, -0.15) is 0 Å². The van der Waals surface area contributed by atoms with Crippen LogP contribution >= 0.6 is 0 Å². The average molecular weight is 560 g/mol. The van der Waals surface area contributed by atoms with Crippen molar-refractivity contribution < 1.29 is 13.9 Å². The second-order valence-electron chi connectivity index (χ2n) is 11.0. The van der Waals surface area contributed by atoms with Gasteiger partial charge in [0, 0.05) is 56.2 Å². The number of likely N-dealkylation sites (tertiary alicyclic amines) is 1. The van der Waals surface area contributed by atoms with E-state index in [0.717, 1.165) is 53.7 Å². The monoisotopic (exact) mass is 559 g/mol. The van der Waals surface area contributed by atoms with Crippen molar-refractivity contribution in [1.29, 1.82) is 0 Å². The number of nitrogens with zero attached hydrogens (tertiary/aromatic N) is 3. The van der Waals surface area contributed by atoms with Crippen LogP contribution in [-0.4, -0.2) is 46.9 Å². The zero-order chi connectivity index (χ0) is 28.9. The van der Waals surface area contributed by atoms with E-state index in [1.807, 2.05) is 53.6 Å². The van der Waals surface area contributed by atoms with Crippen LogP contribution < -0.4 is 4.74 Å². The molecule has 6 rings (SSSR count). The van der Waals surface area contributed by atoms with E-state index in [2.05, 4.69) is 53.3 Å². The summed E-state index contributed by atoms with van der Waals surface area (Å²) in [7, 11) is 2.13. The maximum absolute atomic E-state index is 13.3. The van der Waals surface area contributed by atoms with Gasteiger partial charge in [0.05, 0.1) is 5.52 Å². The van der Waals surface area contributed by atoms with Crippen molar-refractivity contribution in [2.24, 2.45) is 0 Å². The molecule has 1 aliphatic rings. The lowest BCUT2D eigenvalue weighted by atomic mass is 10.0. The molecule has 4 aromatic carbocycles. The lowest BCUT2D eigenvalue weighted by molar-refractivity contribution is 0.0595. The molecule has 6 heteroatoms. The first-order valence-electron chi connectivity index (χ1n) is 14.4. The molecule has 1 aromatic heterocycles. The number of hydrogen-bond donors (Lipinski definition) is 0. The zero-order valence-corrected chi connectivity index (χ0v) is 23.7. The second-order valence-corrected chi connectivity index (χ2v) is 11.0. The van der Waals surface area contributed by atoms with Crippen molar-refractivity contribution in [3.05, 3.63) is 132 Å². The lowest BCUT2D eigenvalue weighted by Gasteiger charge is -2.32. The van der Waals surface area contributed by atoms with Gasteiger partial charge in [-0.05, 0) is 83.9 Å². The van der Waals surface area contributed by atoms with E-state index in [-0.39, 0.29) is 17.8 Å². The highest BCUT2D eigenvalue weighted by Crippen LogP contribution is 2.24. The van der Waals surface area contributed by atoms with Crippen molar-refractivity contribution in [2.75, 3.05) is 20.1 Å². The number of fused-ring (bicyclic) bond motifs is 1. The Balaban J connectivity index is 0.986. The first-order chi connectivity index (χ1) is 20.5. The molecule has 5 aromatic rings. The third-order valence-corrected chi connectivity index (χ3v) is 7.81. The third-order valence-electron chi connectivity index (χ3n) is 7.81. The van der Waals surface area contributed by atoms with Crippen LogP contribution in [0.15, 0.2) is 109 Å². The molecule has 1 saturated heterocycles. The Labute approximate surface area is 246 Å². The highest BCUT2D eigenvalue weighted by atomic mass is 19.1. The summed E-state index contributed by atoms with van der Waals surface area (Å²) in [4.78, 5) is 21.8. The number of ether oxygens (including phenoxy) is 1. The van der Waals surface area contributed by atoms with Crippen molar-refractivity contribution in [3.8, 4) is 16.9 Å². The Hall–Kier alpha value is -4.55. The first-order valence-corrected chi connectivity index (χ1v) is 14.4. The normalized spacial score (nSPS) is 13.9. The van der Waals surface area contributed by atoms with E-state index in [0.29, 0.717) is 18.7 Å². The molecule has 0 atom stereocenters. The second kappa shape index (κ2) is 12.5. The molecule has 1 fully saturated rings. The van der Waals surface area contributed by atoms with Gasteiger partial charge in [-0.1, -0.05) is 48.5 Å². The number of aromatic nitrogens is 1. The van der Waals surface area contributed by atoms with Gasteiger partial charge in [0.15, 0.2) is 0 Å². The molecule has 42 heavy (non-hydrogen) atoms. The Morgan fingerprint density at radius 2 is 1.60 bits per heavy atom. The molecular formula is C36H34FN3O2. The molecule has 0 aliphatic carbocycles. The highest BCUT2D eigenvalue weighted by molar-refractivity contribution is 5.95. The van der Waals surface area contributed by atoms with E-state index < -0.39 is 0 Å². The fourth-order valence-electron chi connectivity index (χ4n) is 5.60. The van der Waals surface area contributed by atoms with E-state index in [1.165, 1.54) is 23.3 Å². The molecule has 0 saturated carbocycles. The van der Waals surface area contributed by atoms with Crippen LogP contribution in [-0.2, 0) is 13.1 Å². The van der Waals surface area contributed by atoms with E-state index in [4.69, 9.17) is 4.74 Å². The summed E-state index contributed by atoms with van der Waals surface area (Å²) in [6, 6.07) is 32.7. The van der Waals surface area contributed by atoms with Crippen LogP contribution in [0, 0.1) is 5.82 Å². The quantitative estimate of drug-likeness (QED) is 0.199. The van der Waals surface area contributed by atoms with Gasteiger partial charge < -0.3 is 9.64 Å². The van der Waals surface area contributed by atoms with Crippen LogP contribution in [0.2, 0.25) is 0 Å². The number of piperidine rings is 1. The van der Waals surface area contributed by atoms with Crippen molar-refractivity contribution >= 4 is 16.8 Å². The summed E-state index contributed by atoms with van der Waals surface area (Å²) < 4.78 is 19.6. The Bertz CT molecular complexity index is 1660. The summed E-state index contributed by atoms with van der Waals surface area (Å²) in [6.45, 7) is 3.00. The molecule has 0 N–H and O–H groups in total. The van der Waals surface area contributed by atoms with Gasteiger partial charge in [-0.3, -0.25) is 14.7 Å². The fraction of sp³-hybridized carbons (Fsp3) is 0.222. The Kier molecular flexibility index (Phi) is 8.24. The van der Waals surface area contributed by atoms with Gasteiger partial charge in [0.25, 0.3) is 5.91 Å². The van der Waals surface area contributed by atoms with Gasteiger partial charge in [0.1, 0.15) is 17.7 Å². The lowest BCUT2D eigenvalue weighted by Crippen LogP contribution is -2.41. The molecule has 5 nitrogen and oxygen atoms in total. The van der Waals surface area contributed by atoms with Gasteiger partial charge in [-0.15, -0.1) is 0 Å². The number of hydrogen-bond acceptors (Lipinski definition) is 4. The van der Waals surface area contributed by atoms with E-state index in [9.17, 15) is 9.18 Å². The molecule has 212 valence electrons. The molecule has 1 aliphatic heterocycles. The fourth-order valence-corrected chi connectivity index (χ4v) is 5.60. The highest BCUT2D eigenvalue weighted by Gasteiger charge is 2.25. The molecule has 0 spiro atoms. The number of amides is 1. The summed E-state index contributed by atoms with van der Waals surface area (Å²) in [6.07, 6.45) is 3.48. The minimum atomic E-state index is -0.272. The van der Waals surface area contributed by atoms with E-state index >= 15 is 0 Å². The molecular weight excluding hydrogens is 525 g/mol. The maximum Gasteiger partial charge on any atom is 0.253 e. The molecule has 0 radical (unpaired) electrons. The predicted octanol–water partition coefficient (Wildman–Crippen LogP) is 7.36. The number of pyridine rings is 1. The number of rotatable bonds is 8. The van der Waals surface area contributed by atoms with E-state index in [1.54, 1.807) is 12.1 Å². The minimum Gasteiger partial charge on any atom is -0.490 e. The van der Waals surface area contributed by atoms with Gasteiger partial charge >= 0.3 is 0 Å².